The largest absolute Gasteiger partial charge is 0.490 e. The van der Waals surface area contributed by atoms with Gasteiger partial charge >= 0.3 is 12.1 Å². The predicted molar refractivity (Wildman–Crippen MR) is 69.9 cm³/mol. The lowest BCUT2D eigenvalue weighted by atomic mass is 9.90. The minimum absolute atomic E-state index is 0.257. The number of carboxylic acids is 1. The molecule has 1 heterocycles. The Bertz CT molecular complexity index is 488. The van der Waals surface area contributed by atoms with Crippen LogP contribution in [0.2, 0.25) is 5.02 Å². The Morgan fingerprint density at radius 1 is 1.29 bits per heavy atom. The van der Waals surface area contributed by atoms with Crippen LogP contribution in [0.5, 0.6) is 0 Å². The lowest BCUT2D eigenvalue weighted by Crippen LogP contribution is -2.26. The molecule has 2 N–H and O–H groups in total. The monoisotopic (exact) mass is 327 g/mol. The van der Waals surface area contributed by atoms with Crippen LogP contribution in [-0.2, 0) is 4.79 Å². The van der Waals surface area contributed by atoms with Crippen molar-refractivity contribution in [1.29, 1.82) is 0 Å². The van der Waals surface area contributed by atoms with Crippen molar-refractivity contribution in [3.63, 3.8) is 0 Å². The molecule has 0 amide bonds. The molecule has 0 aromatic heterocycles. The molecule has 118 valence electrons. The summed E-state index contributed by atoms with van der Waals surface area (Å²) in [7, 11) is 0. The summed E-state index contributed by atoms with van der Waals surface area (Å²) in [5.74, 6) is -2.52. The third kappa shape index (κ3) is 5.89. The fourth-order valence-corrected chi connectivity index (χ4v) is 2.29. The highest BCUT2D eigenvalue weighted by Gasteiger charge is 2.38. The van der Waals surface area contributed by atoms with Crippen LogP contribution in [0.1, 0.15) is 24.3 Å². The Labute approximate surface area is 123 Å². The molecule has 0 radical (unpaired) electrons. The standard InChI is InChI=1S/C11H13ClFN.C2HF3O2/c12-11-7-9(13)1-2-10(11)8-3-5-14-6-4-8;3-2(4,5)1(6)7/h1-2,7-8,14H,3-6H2;(H,6,7). The quantitative estimate of drug-likeness (QED) is 0.775. The molecule has 0 saturated carbocycles. The molecule has 0 spiro atoms. The van der Waals surface area contributed by atoms with E-state index in [9.17, 15) is 17.6 Å². The van der Waals surface area contributed by atoms with Crippen LogP contribution in [0.25, 0.3) is 0 Å². The van der Waals surface area contributed by atoms with Crippen molar-refractivity contribution in [2.45, 2.75) is 24.9 Å². The van der Waals surface area contributed by atoms with E-state index in [0.717, 1.165) is 31.5 Å². The molecule has 0 aliphatic carbocycles. The van der Waals surface area contributed by atoms with Gasteiger partial charge in [0, 0.05) is 5.02 Å². The van der Waals surface area contributed by atoms with E-state index < -0.39 is 12.1 Å². The Balaban J connectivity index is 0.000000270. The molecule has 0 unspecified atom stereocenters. The van der Waals surface area contributed by atoms with E-state index in [1.54, 1.807) is 0 Å². The van der Waals surface area contributed by atoms with Gasteiger partial charge in [-0.15, -0.1) is 0 Å². The molecular weight excluding hydrogens is 314 g/mol. The van der Waals surface area contributed by atoms with Gasteiger partial charge in [0.2, 0.25) is 0 Å². The summed E-state index contributed by atoms with van der Waals surface area (Å²) in [6.07, 6.45) is -2.91. The maximum atomic E-state index is 12.8. The molecule has 1 fully saturated rings. The molecule has 1 aromatic carbocycles. The fraction of sp³-hybridized carbons (Fsp3) is 0.462. The highest BCUT2D eigenvalue weighted by molar-refractivity contribution is 6.31. The molecule has 21 heavy (non-hydrogen) atoms. The minimum Gasteiger partial charge on any atom is -0.475 e. The van der Waals surface area contributed by atoms with Gasteiger partial charge in [-0.3, -0.25) is 0 Å². The Morgan fingerprint density at radius 2 is 1.81 bits per heavy atom. The molecule has 0 atom stereocenters. The van der Waals surface area contributed by atoms with E-state index >= 15 is 0 Å². The van der Waals surface area contributed by atoms with Crippen LogP contribution >= 0.6 is 11.6 Å². The van der Waals surface area contributed by atoms with Crippen molar-refractivity contribution < 1.29 is 27.5 Å². The molecule has 1 aromatic rings. The Hall–Kier alpha value is -1.34. The lowest BCUT2D eigenvalue weighted by molar-refractivity contribution is -0.192. The maximum absolute atomic E-state index is 12.8. The molecule has 3 nitrogen and oxygen atoms in total. The molecule has 2 rings (SSSR count). The summed E-state index contributed by atoms with van der Waals surface area (Å²) in [6, 6.07) is 4.70. The number of benzene rings is 1. The maximum Gasteiger partial charge on any atom is 0.490 e. The van der Waals surface area contributed by atoms with Crippen molar-refractivity contribution in [2.24, 2.45) is 0 Å². The van der Waals surface area contributed by atoms with E-state index in [-0.39, 0.29) is 5.82 Å². The van der Waals surface area contributed by atoms with Gasteiger partial charge in [-0.2, -0.15) is 13.2 Å². The number of aliphatic carboxylic acids is 1. The van der Waals surface area contributed by atoms with Gasteiger partial charge in [0.25, 0.3) is 0 Å². The van der Waals surface area contributed by atoms with Crippen molar-refractivity contribution in [1.82, 2.24) is 5.32 Å². The van der Waals surface area contributed by atoms with Crippen LogP contribution < -0.4 is 5.32 Å². The van der Waals surface area contributed by atoms with Gasteiger partial charge in [0.05, 0.1) is 0 Å². The predicted octanol–water partition coefficient (Wildman–Crippen LogP) is 3.58. The lowest BCUT2D eigenvalue weighted by Gasteiger charge is -2.23. The van der Waals surface area contributed by atoms with Gasteiger partial charge in [-0.1, -0.05) is 17.7 Å². The fourth-order valence-electron chi connectivity index (χ4n) is 1.97. The van der Waals surface area contributed by atoms with Crippen molar-refractivity contribution in [3.05, 3.63) is 34.6 Å². The SMILES string of the molecule is Fc1ccc(C2CCNCC2)c(Cl)c1.O=C(O)C(F)(F)F. The summed E-state index contributed by atoms with van der Waals surface area (Å²) in [5, 5.41) is 11.0. The van der Waals surface area contributed by atoms with E-state index in [0.29, 0.717) is 10.9 Å². The first kappa shape index (κ1) is 17.7. The van der Waals surface area contributed by atoms with Crippen LogP contribution in [-0.4, -0.2) is 30.3 Å². The highest BCUT2D eigenvalue weighted by Crippen LogP contribution is 2.31. The zero-order valence-electron chi connectivity index (χ0n) is 10.9. The first-order valence-corrected chi connectivity index (χ1v) is 6.55. The third-order valence-electron chi connectivity index (χ3n) is 2.98. The van der Waals surface area contributed by atoms with E-state index in [1.165, 1.54) is 12.1 Å². The van der Waals surface area contributed by atoms with Crippen molar-refractivity contribution in [2.75, 3.05) is 13.1 Å². The highest BCUT2D eigenvalue weighted by atomic mass is 35.5. The second kappa shape index (κ2) is 7.61. The van der Waals surface area contributed by atoms with E-state index in [2.05, 4.69) is 5.32 Å². The second-order valence-electron chi connectivity index (χ2n) is 4.49. The number of hydrogen-bond acceptors (Lipinski definition) is 2. The minimum atomic E-state index is -5.08. The normalized spacial score (nSPS) is 16.0. The van der Waals surface area contributed by atoms with Gasteiger partial charge in [0.1, 0.15) is 5.82 Å². The van der Waals surface area contributed by atoms with E-state index in [4.69, 9.17) is 21.5 Å². The molecule has 8 heteroatoms. The number of hydrogen-bond donors (Lipinski definition) is 2. The first-order valence-electron chi connectivity index (χ1n) is 6.17. The second-order valence-corrected chi connectivity index (χ2v) is 4.90. The summed E-state index contributed by atoms with van der Waals surface area (Å²) < 4.78 is 44.6. The number of nitrogens with one attached hydrogen (secondary N) is 1. The zero-order chi connectivity index (χ0) is 16.0. The van der Waals surface area contributed by atoms with Gasteiger partial charge < -0.3 is 10.4 Å². The average molecular weight is 328 g/mol. The van der Waals surface area contributed by atoms with Gasteiger partial charge in [0.15, 0.2) is 0 Å². The third-order valence-corrected chi connectivity index (χ3v) is 3.31. The summed E-state index contributed by atoms with van der Waals surface area (Å²) in [6.45, 7) is 2.05. The number of piperidine rings is 1. The molecule has 0 bridgehead atoms. The Morgan fingerprint density at radius 3 is 2.24 bits per heavy atom. The van der Waals surface area contributed by atoms with Gasteiger partial charge in [-0.05, 0) is 49.5 Å². The first-order chi connectivity index (χ1) is 9.71. The molecular formula is C13H14ClF4NO2. The zero-order valence-corrected chi connectivity index (χ0v) is 11.6. The van der Waals surface area contributed by atoms with E-state index in [1.807, 2.05) is 6.07 Å². The smallest absolute Gasteiger partial charge is 0.475 e. The number of rotatable bonds is 1. The van der Waals surface area contributed by atoms with Crippen molar-refractivity contribution in [3.8, 4) is 0 Å². The molecule has 1 aliphatic rings. The van der Waals surface area contributed by atoms with Crippen LogP contribution in [0.4, 0.5) is 17.6 Å². The summed E-state index contributed by atoms with van der Waals surface area (Å²) in [5.41, 5.74) is 1.09. The number of alkyl halides is 3. The molecule has 1 aliphatic heterocycles. The number of carboxylic acid groups (broad SMARTS) is 1. The molecule has 1 saturated heterocycles. The van der Waals surface area contributed by atoms with Crippen LogP contribution in [0.15, 0.2) is 18.2 Å². The number of halogens is 5. The topological polar surface area (TPSA) is 49.3 Å². The van der Waals surface area contributed by atoms with Crippen LogP contribution in [0, 0.1) is 5.82 Å². The van der Waals surface area contributed by atoms with Gasteiger partial charge in [-0.25, -0.2) is 9.18 Å². The average Bonchev–Trinajstić information content (AvgIpc) is 2.39. The Kier molecular flexibility index (Phi) is 6.42. The summed E-state index contributed by atoms with van der Waals surface area (Å²) >= 11 is 6.00. The number of carbonyl (C=O) groups is 1. The van der Waals surface area contributed by atoms with Crippen molar-refractivity contribution >= 4 is 17.6 Å². The van der Waals surface area contributed by atoms with Crippen LogP contribution in [0.3, 0.4) is 0 Å². The summed E-state index contributed by atoms with van der Waals surface area (Å²) in [4.78, 5) is 8.90.